The molecule has 98 valence electrons. The first-order valence-corrected chi connectivity index (χ1v) is 7.40. The zero-order chi connectivity index (χ0) is 12.4. The van der Waals surface area contributed by atoms with E-state index in [-0.39, 0.29) is 0 Å². The molecule has 18 heavy (non-hydrogen) atoms. The molecule has 1 aromatic carbocycles. The lowest BCUT2D eigenvalue weighted by molar-refractivity contribution is 0.120. The highest BCUT2D eigenvalue weighted by atomic mass is 35.5. The SMILES string of the molecule is Clc1cc(C2CCCCN2)ccc1OC1CCC1. The van der Waals surface area contributed by atoms with Crippen molar-refractivity contribution in [2.45, 2.75) is 50.7 Å². The molecule has 3 heteroatoms. The summed E-state index contributed by atoms with van der Waals surface area (Å²) < 4.78 is 5.87. The highest BCUT2D eigenvalue weighted by molar-refractivity contribution is 6.32. The topological polar surface area (TPSA) is 21.3 Å². The first kappa shape index (κ1) is 12.3. The lowest BCUT2D eigenvalue weighted by atomic mass is 9.96. The number of benzene rings is 1. The predicted octanol–water partition coefficient (Wildman–Crippen LogP) is 4.09. The number of hydrogen-bond donors (Lipinski definition) is 1. The van der Waals surface area contributed by atoms with Crippen molar-refractivity contribution < 1.29 is 4.74 Å². The molecule has 1 heterocycles. The van der Waals surface area contributed by atoms with E-state index in [0.29, 0.717) is 12.1 Å². The van der Waals surface area contributed by atoms with Gasteiger partial charge in [0.15, 0.2) is 0 Å². The van der Waals surface area contributed by atoms with Gasteiger partial charge in [-0.25, -0.2) is 0 Å². The number of hydrogen-bond acceptors (Lipinski definition) is 2. The maximum Gasteiger partial charge on any atom is 0.138 e. The Bertz CT molecular complexity index is 411. The maximum absolute atomic E-state index is 6.32. The Hall–Kier alpha value is -0.730. The summed E-state index contributed by atoms with van der Waals surface area (Å²) in [5.41, 5.74) is 1.29. The Morgan fingerprint density at radius 2 is 2.00 bits per heavy atom. The Labute approximate surface area is 114 Å². The molecular formula is C15H20ClNO. The van der Waals surface area contributed by atoms with Gasteiger partial charge in [-0.15, -0.1) is 0 Å². The molecule has 1 aliphatic carbocycles. The quantitative estimate of drug-likeness (QED) is 0.889. The average molecular weight is 266 g/mol. The second kappa shape index (κ2) is 5.50. The first-order valence-electron chi connectivity index (χ1n) is 7.02. The smallest absolute Gasteiger partial charge is 0.138 e. The molecule has 0 bridgehead atoms. The Morgan fingerprint density at radius 1 is 1.11 bits per heavy atom. The number of piperidine rings is 1. The van der Waals surface area contributed by atoms with Crippen LogP contribution in [0.15, 0.2) is 18.2 Å². The van der Waals surface area contributed by atoms with E-state index in [1.807, 2.05) is 6.07 Å². The van der Waals surface area contributed by atoms with Crippen LogP contribution in [0, 0.1) is 0 Å². The fourth-order valence-corrected chi connectivity index (χ4v) is 2.87. The summed E-state index contributed by atoms with van der Waals surface area (Å²) >= 11 is 6.32. The van der Waals surface area contributed by atoms with Crippen molar-refractivity contribution >= 4 is 11.6 Å². The maximum atomic E-state index is 6.32. The summed E-state index contributed by atoms with van der Waals surface area (Å²) in [6.45, 7) is 1.11. The molecule has 2 nitrogen and oxygen atoms in total. The van der Waals surface area contributed by atoms with E-state index >= 15 is 0 Å². The predicted molar refractivity (Wildman–Crippen MR) is 74.3 cm³/mol. The summed E-state index contributed by atoms with van der Waals surface area (Å²) in [6, 6.07) is 6.72. The fraction of sp³-hybridized carbons (Fsp3) is 0.600. The highest BCUT2D eigenvalue weighted by Gasteiger charge is 2.21. The van der Waals surface area contributed by atoms with E-state index in [1.54, 1.807) is 0 Å². The Kier molecular flexibility index (Phi) is 3.76. The van der Waals surface area contributed by atoms with E-state index in [9.17, 15) is 0 Å². The molecule has 2 fully saturated rings. The van der Waals surface area contributed by atoms with Crippen LogP contribution in [0.5, 0.6) is 5.75 Å². The van der Waals surface area contributed by atoms with Gasteiger partial charge in [0.2, 0.25) is 0 Å². The standard InChI is InChI=1S/C15H20ClNO/c16-13-10-11(14-6-1-2-9-17-14)7-8-15(13)18-12-4-3-5-12/h7-8,10,12,14,17H,1-6,9H2. The lowest BCUT2D eigenvalue weighted by Crippen LogP contribution is -2.27. The van der Waals surface area contributed by atoms with Crippen LogP contribution in [0.2, 0.25) is 5.02 Å². The molecule has 0 aromatic heterocycles. The van der Waals surface area contributed by atoms with Crippen molar-refractivity contribution in [3.63, 3.8) is 0 Å². The molecule has 1 unspecified atom stereocenters. The summed E-state index contributed by atoms with van der Waals surface area (Å²) in [4.78, 5) is 0. The van der Waals surface area contributed by atoms with Crippen molar-refractivity contribution in [2.24, 2.45) is 0 Å². The second-order valence-electron chi connectivity index (χ2n) is 5.36. The van der Waals surface area contributed by atoms with Crippen molar-refractivity contribution in [1.82, 2.24) is 5.32 Å². The van der Waals surface area contributed by atoms with Crippen LogP contribution in [0.1, 0.15) is 50.1 Å². The summed E-state index contributed by atoms with van der Waals surface area (Å²) in [5.74, 6) is 0.848. The summed E-state index contributed by atoms with van der Waals surface area (Å²) in [5, 5.41) is 4.30. The molecule has 1 saturated carbocycles. The van der Waals surface area contributed by atoms with Crippen LogP contribution < -0.4 is 10.1 Å². The minimum atomic E-state index is 0.390. The monoisotopic (exact) mass is 265 g/mol. The molecule has 0 radical (unpaired) electrons. The van der Waals surface area contributed by atoms with Gasteiger partial charge in [-0.3, -0.25) is 0 Å². The van der Waals surface area contributed by atoms with Crippen LogP contribution in [-0.4, -0.2) is 12.6 Å². The lowest BCUT2D eigenvalue weighted by Gasteiger charge is -2.28. The van der Waals surface area contributed by atoms with Gasteiger partial charge in [0.1, 0.15) is 5.75 Å². The third kappa shape index (κ3) is 2.65. The second-order valence-corrected chi connectivity index (χ2v) is 5.77. The van der Waals surface area contributed by atoms with Crippen LogP contribution in [0.25, 0.3) is 0 Å². The van der Waals surface area contributed by atoms with Gasteiger partial charge in [-0.05, 0) is 56.3 Å². The van der Waals surface area contributed by atoms with Crippen molar-refractivity contribution in [2.75, 3.05) is 6.54 Å². The minimum Gasteiger partial charge on any atom is -0.489 e. The zero-order valence-corrected chi connectivity index (χ0v) is 11.4. The Morgan fingerprint density at radius 3 is 2.61 bits per heavy atom. The number of halogens is 1. The van der Waals surface area contributed by atoms with Gasteiger partial charge in [-0.1, -0.05) is 24.1 Å². The van der Waals surface area contributed by atoms with Gasteiger partial charge in [0.25, 0.3) is 0 Å². The third-order valence-electron chi connectivity index (χ3n) is 4.01. The van der Waals surface area contributed by atoms with Crippen LogP contribution >= 0.6 is 11.6 Å². The molecule has 1 aromatic rings. The van der Waals surface area contributed by atoms with Crippen molar-refractivity contribution in [3.8, 4) is 5.75 Å². The summed E-state index contributed by atoms with van der Waals surface area (Å²) in [6.07, 6.45) is 7.81. The summed E-state index contributed by atoms with van der Waals surface area (Å²) in [7, 11) is 0. The fourth-order valence-electron chi connectivity index (χ4n) is 2.63. The number of rotatable bonds is 3. The van der Waals surface area contributed by atoms with Gasteiger partial charge >= 0.3 is 0 Å². The highest BCUT2D eigenvalue weighted by Crippen LogP contribution is 2.33. The first-order chi connectivity index (χ1) is 8.83. The molecule has 0 amide bonds. The van der Waals surface area contributed by atoms with Crippen LogP contribution in [-0.2, 0) is 0 Å². The van der Waals surface area contributed by atoms with Gasteiger partial charge < -0.3 is 10.1 Å². The van der Waals surface area contributed by atoms with E-state index < -0.39 is 0 Å². The zero-order valence-electron chi connectivity index (χ0n) is 10.6. The molecular weight excluding hydrogens is 246 g/mol. The Balaban J connectivity index is 1.70. The third-order valence-corrected chi connectivity index (χ3v) is 4.31. The molecule has 1 atom stereocenters. The van der Waals surface area contributed by atoms with E-state index in [1.165, 1.54) is 44.1 Å². The molecule has 3 rings (SSSR count). The number of ether oxygens (including phenoxy) is 1. The van der Waals surface area contributed by atoms with Crippen LogP contribution in [0.3, 0.4) is 0 Å². The molecule has 1 aliphatic heterocycles. The molecule has 0 spiro atoms. The number of nitrogens with one attached hydrogen (secondary N) is 1. The van der Waals surface area contributed by atoms with Crippen LogP contribution in [0.4, 0.5) is 0 Å². The van der Waals surface area contributed by atoms with Gasteiger partial charge in [0, 0.05) is 6.04 Å². The van der Waals surface area contributed by atoms with Crippen molar-refractivity contribution in [3.05, 3.63) is 28.8 Å². The average Bonchev–Trinajstić information content (AvgIpc) is 2.36. The molecule has 2 aliphatic rings. The van der Waals surface area contributed by atoms with Crippen molar-refractivity contribution in [1.29, 1.82) is 0 Å². The van der Waals surface area contributed by atoms with Gasteiger partial charge in [-0.2, -0.15) is 0 Å². The minimum absolute atomic E-state index is 0.390. The largest absolute Gasteiger partial charge is 0.489 e. The van der Waals surface area contributed by atoms with E-state index in [2.05, 4.69) is 17.4 Å². The van der Waals surface area contributed by atoms with Gasteiger partial charge in [0.05, 0.1) is 11.1 Å². The molecule has 1 N–H and O–H groups in total. The van der Waals surface area contributed by atoms with E-state index in [4.69, 9.17) is 16.3 Å². The molecule has 1 saturated heterocycles. The van der Waals surface area contributed by atoms with E-state index in [0.717, 1.165) is 17.3 Å². The normalized spacial score (nSPS) is 24.6.